The van der Waals surface area contributed by atoms with E-state index in [4.69, 9.17) is 0 Å². The highest BCUT2D eigenvalue weighted by Crippen LogP contribution is 2.24. The zero-order valence-electron chi connectivity index (χ0n) is 9.34. The van der Waals surface area contributed by atoms with Crippen LogP contribution in [0.4, 0.5) is 0 Å². The maximum atomic E-state index is 3.61. The summed E-state index contributed by atoms with van der Waals surface area (Å²) in [4.78, 5) is 0. The molecule has 1 rings (SSSR count). The molecule has 0 aliphatic carbocycles. The maximum Gasteiger partial charge on any atom is 0.0207 e. The lowest BCUT2D eigenvalue weighted by molar-refractivity contribution is 0.444. The second kappa shape index (κ2) is 6.70. The van der Waals surface area contributed by atoms with Crippen molar-refractivity contribution in [1.82, 2.24) is 0 Å². The third-order valence-corrected chi connectivity index (χ3v) is 4.18. The molecular weight excluding hydrogens is 316 g/mol. The molecule has 0 nitrogen and oxygen atoms in total. The largest absolute Gasteiger partial charge is 0.0925 e. The Balaban J connectivity index is 2.62. The predicted molar refractivity (Wildman–Crippen MR) is 74.6 cm³/mol. The molecule has 84 valence electrons. The number of halogens is 2. The van der Waals surface area contributed by atoms with Gasteiger partial charge < -0.3 is 0 Å². The Morgan fingerprint density at radius 1 is 1.20 bits per heavy atom. The highest BCUT2D eigenvalue weighted by molar-refractivity contribution is 9.10. The monoisotopic (exact) mass is 332 g/mol. The lowest BCUT2D eigenvalue weighted by atomic mass is 9.93. The van der Waals surface area contributed by atoms with E-state index in [0.717, 1.165) is 23.6 Å². The molecule has 0 fully saturated rings. The van der Waals surface area contributed by atoms with Gasteiger partial charge in [0, 0.05) is 9.80 Å². The fourth-order valence-electron chi connectivity index (χ4n) is 1.84. The molecule has 0 N–H and O–H groups in total. The van der Waals surface area contributed by atoms with Gasteiger partial charge in [-0.1, -0.05) is 63.9 Å². The molecule has 1 aromatic rings. The zero-order valence-corrected chi connectivity index (χ0v) is 12.5. The molecule has 0 radical (unpaired) electrons. The topological polar surface area (TPSA) is 0 Å². The van der Waals surface area contributed by atoms with Gasteiger partial charge in [0.05, 0.1) is 0 Å². The summed E-state index contributed by atoms with van der Waals surface area (Å²) in [5.74, 6) is 1.51. The minimum atomic E-state index is 0.740. The Bertz CT molecular complexity index is 294. The van der Waals surface area contributed by atoms with Crippen molar-refractivity contribution in [2.24, 2.45) is 11.8 Å². The molecule has 0 aromatic heterocycles. The predicted octanol–water partition coefficient (Wildman–Crippen LogP) is 5.05. The standard InChI is InChI=1S/C13H18Br2/c1-10(2)7-11(9-14)8-12-5-3-4-6-13(12)15/h3-6,10-11H,7-9H2,1-2H3. The molecule has 0 aliphatic heterocycles. The molecular formula is C13H18Br2. The Kier molecular flexibility index (Phi) is 5.91. The van der Waals surface area contributed by atoms with Gasteiger partial charge in [-0.15, -0.1) is 0 Å². The van der Waals surface area contributed by atoms with E-state index < -0.39 is 0 Å². The zero-order chi connectivity index (χ0) is 11.3. The van der Waals surface area contributed by atoms with E-state index in [2.05, 4.69) is 70.0 Å². The normalized spacial score (nSPS) is 13.1. The number of alkyl halides is 1. The van der Waals surface area contributed by atoms with Crippen molar-refractivity contribution in [3.63, 3.8) is 0 Å². The van der Waals surface area contributed by atoms with E-state index in [1.807, 2.05) is 0 Å². The minimum absolute atomic E-state index is 0.740. The van der Waals surface area contributed by atoms with Crippen LogP contribution in [0.25, 0.3) is 0 Å². The van der Waals surface area contributed by atoms with Crippen LogP contribution in [-0.2, 0) is 6.42 Å². The summed E-state index contributed by atoms with van der Waals surface area (Å²) < 4.78 is 1.24. The average Bonchev–Trinajstić information content (AvgIpc) is 2.19. The first kappa shape index (κ1) is 13.2. The van der Waals surface area contributed by atoms with E-state index in [-0.39, 0.29) is 0 Å². The summed E-state index contributed by atoms with van der Waals surface area (Å²) in [5.41, 5.74) is 1.42. The van der Waals surface area contributed by atoms with Crippen molar-refractivity contribution < 1.29 is 0 Å². The summed E-state index contributed by atoms with van der Waals surface area (Å²) in [6, 6.07) is 8.51. The van der Waals surface area contributed by atoms with Crippen LogP contribution in [0, 0.1) is 11.8 Å². The molecule has 2 heteroatoms. The number of hydrogen-bond acceptors (Lipinski definition) is 0. The fraction of sp³-hybridized carbons (Fsp3) is 0.538. The Labute approximate surface area is 110 Å². The Hall–Kier alpha value is 0.180. The van der Waals surface area contributed by atoms with Crippen LogP contribution < -0.4 is 0 Å². The van der Waals surface area contributed by atoms with Gasteiger partial charge in [0.15, 0.2) is 0 Å². The first-order valence-electron chi connectivity index (χ1n) is 5.42. The second-order valence-corrected chi connectivity index (χ2v) is 5.95. The van der Waals surface area contributed by atoms with Gasteiger partial charge in [0.25, 0.3) is 0 Å². The average molecular weight is 334 g/mol. The third-order valence-electron chi connectivity index (χ3n) is 2.49. The summed E-state index contributed by atoms with van der Waals surface area (Å²) in [6.07, 6.45) is 2.44. The van der Waals surface area contributed by atoms with Crippen LogP contribution in [0.5, 0.6) is 0 Å². The van der Waals surface area contributed by atoms with Crippen LogP contribution >= 0.6 is 31.9 Å². The smallest absolute Gasteiger partial charge is 0.0207 e. The van der Waals surface area contributed by atoms with E-state index in [1.165, 1.54) is 16.5 Å². The fourth-order valence-corrected chi connectivity index (χ4v) is 2.78. The summed E-state index contributed by atoms with van der Waals surface area (Å²) in [7, 11) is 0. The van der Waals surface area contributed by atoms with Crippen LogP contribution in [0.15, 0.2) is 28.7 Å². The molecule has 0 spiro atoms. The lowest BCUT2D eigenvalue weighted by Gasteiger charge is -2.17. The molecule has 0 heterocycles. The van der Waals surface area contributed by atoms with E-state index in [9.17, 15) is 0 Å². The summed E-state index contributed by atoms with van der Waals surface area (Å²) in [5, 5.41) is 1.09. The van der Waals surface area contributed by atoms with E-state index >= 15 is 0 Å². The van der Waals surface area contributed by atoms with Crippen molar-refractivity contribution in [1.29, 1.82) is 0 Å². The highest BCUT2D eigenvalue weighted by Gasteiger charge is 2.11. The van der Waals surface area contributed by atoms with E-state index in [1.54, 1.807) is 0 Å². The number of benzene rings is 1. The van der Waals surface area contributed by atoms with E-state index in [0.29, 0.717) is 0 Å². The van der Waals surface area contributed by atoms with Crippen LogP contribution in [-0.4, -0.2) is 5.33 Å². The molecule has 0 amide bonds. The van der Waals surface area contributed by atoms with Crippen molar-refractivity contribution >= 4 is 31.9 Å². The van der Waals surface area contributed by atoms with Crippen molar-refractivity contribution in [3.8, 4) is 0 Å². The second-order valence-electron chi connectivity index (χ2n) is 4.45. The minimum Gasteiger partial charge on any atom is -0.0925 e. The molecule has 1 aromatic carbocycles. The van der Waals surface area contributed by atoms with Crippen LogP contribution in [0.1, 0.15) is 25.8 Å². The van der Waals surface area contributed by atoms with Crippen molar-refractivity contribution in [2.45, 2.75) is 26.7 Å². The van der Waals surface area contributed by atoms with Gasteiger partial charge in [0.1, 0.15) is 0 Å². The maximum absolute atomic E-state index is 3.61. The lowest BCUT2D eigenvalue weighted by Crippen LogP contribution is -2.09. The molecule has 0 saturated heterocycles. The number of hydrogen-bond donors (Lipinski definition) is 0. The van der Waals surface area contributed by atoms with Crippen LogP contribution in [0.2, 0.25) is 0 Å². The van der Waals surface area contributed by atoms with Crippen molar-refractivity contribution in [2.75, 3.05) is 5.33 Å². The van der Waals surface area contributed by atoms with Gasteiger partial charge >= 0.3 is 0 Å². The first-order chi connectivity index (χ1) is 7.13. The first-order valence-corrected chi connectivity index (χ1v) is 7.34. The Morgan fingerprint density at radius 2 is 1.87 bits per heavy atom. The van der Waals surface area contributed by atoms with Crippen molar-refractivity contribution in [3.05, 3.63) is 34.3 Å². The van der Waals surface area contributed by atoms with Gasteiger partial charge in [-0.25, -0.2) is 0 Å². The molecule has 0 bridgehead atoms. The molecule has 0 saturated carbocycles. The quantitative estimate of drug-likeness (QED) is 0.661. The number of rotatable bonds is 5. The molecule has 15 heavy (non-hydrogen) atoms. The SMILES string of the molecule is CC(C)CC(CBr)Cc1ccccc1Br. The Morgan fingerprint density at radius 3 is 2.40 bits per heavy atom. The van der Waals surface area contributed by atoms with Gasteiger partial charge in [0.2, 0.25) is 0 Å². The molecule has 1 atom stereocenters. The summed E-state index contributed by atoms with van der Waals surface area (Å²) in [6.45, 7) is 4.57. The van der Waals surface area contributed by atoms with Gasteiger partial charge in [-0.3, -0.25) is 0 Å². The molecule has 1 unspecified atom stereocenters. The van der Waals surface area contributed by atoms with Gasteiger partial charge in [-0.05, 0) is 36.3 Å². The van der Waals surface area contributed by atoms with Gasteiger partial charge in [-0.2, -0.15) is 0 Å². The third kappa shape index (κ3) is 4.69. The van der Waals surface area contributed by atoms with Crippen LogP contribution in [0.3, 0.4) is 0 Å². The molecule has 0 aliphatic rings. The summed E-state index contributed by atoms with van der Waals surface area (Å²) >= 11 is 7.22. The highest BCUT2D eigenvalue weighted by atomic mass is 79.9.